The maximum absolute atomic E-state index is 8.85. The molecule has 0 aliphatic carbocycles. The van der Waals surface area contributed by atoms with Crippen LogP contribution in [0, 0.1) is 5.92 Å². The molecule has 0 bridgehead atoms. The second kappa shape index (κ2) is 11.9. The molecule has 92 valence electrons. The number of aliphatic hydroxyl groups is 1. The SMILES string of the molecule is COCCOCCOCCC(CN)CO. The van der Waals surface area contributed by atoms with E-state index >= 15 is 0 Å². The van der Waals surface area contributed by atoms with Gasteiger partial charge in [-0.05, 0) is 18.9 Å². The summed E-state index contributed by atoms with van der Waals surface area (Å²) < 4.78 is 15.3. The quantitative estimate of drug-likeness (QED) is 0.465. The Hall–Kier alpha value is -0.200. The van der Waals surface area contributed by atoms with Gasteiger partial charge in [0.1, 0.15) is 0 Å². The second-order valence-electron chi connectivity index (χ2n) is 3.29. The molecule has 0 fully saturated rings. The van der Waals surface area contributed by atoms with Crippen LogP contribution in [0.2, 0.25) is 0 Å². The summed E-state index contributed by atoms with van der Waals surface area (Å²) in [4.78, 5) is 0. The molecule has 0 heterocycles. The van der Waals surface area contributed by atoms with Gasteiger partial charge in [-0.15, -0.1) is 0 Å². The zero-order chi connectivity index (χ0) is 11.4. The Morgan fingerprint density at radius 2 is 1.67 bits per heavy atom. The van der Waals surface area contributed by atoms with Gasteiger partial charge in [-0.1, -0.05) is 0 Å². The lowest BCUT2D eigenvalue weighted by Gasteiger charge is -2.11. The largest absolute Gasteiger partial charge is 0.396 e. The molecular formula is C10H23NO4. The molecule has 0 aliphatic heterocycles. The van der Waals surface area contributed by atoms with Crippen LogP contribution in [0.5, 0.6) is 0 Å². The van der Waals surface area contributed by atoms with Gasteiger partial charge in [0.15, 0.2) is 0 Å². The molecule has 0 spiro atoms. The smallest absolute Gasteiger partial charge is 0.0701 e. The van der Waals surface area contributed by atoms with Crippen molar-refractivity contribution in [3.8, 4) is 0 Å². The molecular weight excluding hydrogens is 198 g/mol. The van der Waals surface area contributed by atoms with Crippen LogP contribution in [-0.2, 0) is 14.2 Å². The lowest BCUT2D eigenvalue weighted by Crippen LogP contribution is -2.20. The molecule has 15 heavy (non-hydrogen) atoms. The van der Waals surface area contributed by atoms with Crippen molar-refractivity contribution in [3.05, 3.63) is 0 Å². The van der Waals surface area contributed by atoms with Crippen molar-refractivity contribution in [2.75, 3.05) is 53.3 Å². The molecule has 5 nitrogen and oxygen atoms in total. The Labute approximate surface area is 91.5 Å². The molecule has 1 unspecified atom stereocenters. The number of hydrogen-bond acceptors (Lipinski definition) is 5. The molecule has 0 aromatic carbocycles. The minimum absolute atomic E-state index is 0.129. The first kappa shape index (κ1) is 14.8. The summed E-state index contributed by atoms with van der Waals surface area (Å²) in [5.41, 5.74) is 5.42. The first-order valence-corrected chi connectivity index (χ1v) is 5.30. The summed E-state index contributed by atoms with van der Waals surface area (Å²) in [6.07, 6.45) is 0.797. The summed E-state index contributed by atoms with van der Waals surface area (Å²) in [5, 5.41) is 8.85. The van der Waals surface area contributed by atoms with Crippen LogP contribution in [0.4, 0.5) is 0 Å². The average Bonchev–Trinajstić information content (AvgIpc) is 2.27. The van der Waals surface area contributed by atoms with Gasteiger partial charge in [-0.2, -0.15) is 0 Å². The van der Waals surface area contributed by atoms with E-state index in [-0.39, 0.29) is 12.5 Å². The van der Waals surface area contributed by atoms with Crippen LogP contribution in [0.25, 0.3) is 0 Å². The van der Waals surface area contributed by atoms with Crippen molar-refractivity contribution in [1.82, 2.24) is 0 Å². The van der Waals surface area contributed by atoms with Crippen LogP contribution in [-0.4, -0.2) is 58.4 Å². The molecule has 5 heteroatoms. The number of aliphatic hydroxyl groups excluding tert-OH is 1. The molecule has 0 aromatic rings. The van der Waals surface area contributed by atoms with E-state index in [9.17, 15) is 0 Å². The van der Waals surface area contributed by atoms with Crippen LogP contribution in [0.1, 0.15) is 6.42 Å². The molecule has 0 saturated carbocycles. The van der Waals surface area contributed by atoms with Gasteiger partial charge >= 0.3 is 0 Å². The zero-order valence-corrected chi connectivity index (χ0v) is 9.48. The fourth-order valence-electron chi connectivity index (χ4n) is 0.998. The normalized spacial score (nSPS) is 13.0. The molecule has 3 N–H and O–H groups in total. The monoisotopic (exact) mass is 221 g/mol. The number of methoxy groups -OCH3 is 1. The Bertz CT molecular complexity index is 120. The topological polar surface area (TPSA) is 73.9 Å². The molecule has 0 rings (SSSR count). The maximum Gasteiger partial charge on any atom is 0.0701 e. The lowest BCUT2D eigenvalue weighted by molar-refractivity contribution is 0.0204. The third kappa shape index (κ3) is 10.1. The molecule has 0 amide bonds. The molecule has 0 saturated heterocycles. The standard InChI is InChI=1S/C10H23NO4/c1-13-4-5-15-7-6-14-3-2-10(8-11)9-12/h10,12H,2-9,11H2,1H3. The Morgan fingerprint density at radius 3 is 2.20 bits per heavy atom. The fourth-order valence-corrected chi connectivity index (χ4v) is 0.998. The predicted molar refractivity (Wildman–Crippen MR) is 57.8 cm³/mol. The number of hydrogen-bond donors (Lipinski definition) is 2. The summed E-state index contributed by atoms with van der Waals surface area (Å²) in [6.45, 7) is 3.62. The Balaban J connectivity index is 3.04. The predicted octanol–water partition coefficient (Wildman–Crippen LogP) is -0.377. The highest BCUT2D eigenvalue weighted by atomic mass is 16.5. The first-order valence-electron chi connectivity index (χ1n) is 5.30. The van der Waals surface area contributed by atoms with Crippen LogP contribution < -0.4 is 5.73 Å². The van der Waals surface area contributed by atoms with E-state index in [4.69, 9.17) is 25.1 Å². The van der Waals surface area contributed by atoms with E-state index in [0.717, 1.165) is 6.42 Å². The number of nitrogens with two attached hydrogens (primary N) is 1. The van der Waals surface area contributed by atoms with Crippen molar-refractivity contribution >= 4 is 0 Å². The third-order valence-corrected chi connectivity index (χ3v) is 2.07. The van der Waals surface area contributed by atoms with Crippen molar-refractivity contribution in [1.29, 1.82) is 0 Å². The summed E-state index contributed by atoms with van der Waals surface area (Å²) in [5.74, 6) is 0.152. The van der Waals surface area contributed by atoms with Gasteiger partial charge in [-0.25, -0.2) is 0 Å². The lowest BCUT2D eigenvalue weighted by atomic mass is 10.1. The van der Waals surface area contributed by atoms with Crippen molar-refractivity contribution in [2.24, 2.45) is 11.7 Å². The summed E-state index contributed by atoms with van der Waals surface area (Å²) in [6, 6.07) is 0. The highest BCUT2D eigenvalue weighted by Gasteiger charge is 2.03. The van der Waals surface area contributed by atoms with E-state index < -0.39 is 0 Å². The van der Waals surface area contributed by atoms with Crippen molar-refractivity contribution in [2.45, 2.75) is 6.42 Å². The van der Waals surface area contributed by atoms with E-state index in [1.54, 1.807) is 7.11 Å². The number of ether oxygens (including phenoxy) is 3. The number of rotatable bonds is 11. The first-order chi connectivity index (χ1) is 7.35. The third-order valence-electron chi connectivity index (χ3n) is 2.07. The van der Waals surface area contributed by atoms with Gasteiger partial charge in [0.2, 0.25) is 0 Å². The molecule has 0 aromatic heterocycles. The van der Waals surface area contributed by atoms with Crippen LogP contribution in [0.3, 0.4) is 0 Å². The average molecular weight is 221 g/mol. The van der Waals surface area contributed by atoms with Gasteiger partial charge in [0.25, 0.3) is 0 Å². The summed E-state index contributed by atoms with van der Waals surface area (Å²) in [7, 11) is 1.64. The van der Waals surface area contributed by atoms with Gasteiger partial charge in [0, 0.05) is 20.3 Å². The molecule has 1 atom stereocenters. The van der Waals surface area contributed by atoms with Gasteiger partial charge in [-0.3, -0.25) is 0 Å². The van der Waals surface area contributed by atoms with Gasteiger partial charge in [0.05, 0.1) is 26.4 Å². The maximum atomic E-state index is 8.85. The summed E-state index contributed by atoms with van der Waals surface area (Å²) >= 11 is 0. The minimum Gasteiger partial charge on any atom is -0.396 e. The van der Waals surface area contributed by atoms with Gasteiger partial charge < -0.3 is 25.1 Å². The fraction of sp³-hybridized carbons (Fsp3) is 1.00. The zero-order valence-electron chi connectivity index (χ0n) is 9.48. The minimum atomic E-state index is 0.129. The molecule has 0 aliphatic rings. The molecule has 0 radical (unpaired) electrons. The second-order valence-corrected chi connectivity index (χ2v) is 3.29. The van der Waals surface area contributed by atoms with Crippen LogP contribution >= 0.6 is 0 Å². The highest BCUT2D eigenvalue weighted by Crippen LogP contribution is 1.99. The van der Waals surface area contributed by atoms with E-state index in [2.05, 4.69) is 0 Å². The Morgan fingerprint density at radius 1 is 1.07 bits per heavy atom. The van der Waals surface area contributed by atoms with Crippen molar-refractivity contribution in [3.63, 3.8) is 0 Å². The van der Waals surface area contributed by atoms with Crippen LogP contribution in [0.15, 0.2) is 0 Å². The van der Waals surface area contributed by atoms with E-state index in [0.29, 0.717) is 39.6 Å². The highest BCUT2D eigenvalue weighted by molar-refractivity contribution is 4.56. The van der Waals surface area contributed by atoms with E-state index in [1.807, 2.05) is 0 Å². The van der Waals surface area contributed by atoms with E-state index in [1.165, 1.54) is 0 Å². The van der Waals surface area contributed by atoms with Crippen molar-refractivity contribution < 1.29 is 19.3 Å². The Kier molecular flexibility index (Phi) is 11.7.